The van der Waals surface area contributed by atoms with E-state index < -0.39 is 0 Å². The van der Waals surface area contributed by atoms with E-state index in [1.165, 1.54) is 6.19 Å². The van der Waals surface area contributed by atoms with Crippen LogP contribution in [0.1, 0.15) is 0 Å². The zero-order valence-corrected chi connectivity index (χ0v) is 2.47. The van der Waals surface area contributed by atoms with E-state index in [9.17, 15) is 0 Å². The maximum atomic E-state index is 7.53. The van der Waals surface area contributed by atoms with E-state index in [1.807, 2.05) is 5.43 Å². The Kier molecular flexibility index (Phi) is 2.10. The van der Waals surface area contributed by atoms with Crippen LogP contribution in [0.25, 0.3) is 4.95 Å². The van der Waals surface area contributed by atoms with Crippen LogP contribution in [0.2, 0.25) is 0 Å². The van der Waals surface area contributed by atoms with E-state index in [2.05, 4.69) is 11.5 Å². The molecule has 5 heavy (non-hydrogen) atoms. The fourth-order valence-corrected chi connectivity index (χ4v) is 0.0289. The van der Waals surface area contributed by atoms with E-state index in [0.717, 1.165) is 0 Å². The number of rotatable bonds is 0. The van der Waals surface area contributed by atoms with E-state index in [1.54, 1.807) is 0 Å². The molecule has 0 amide bonds. The third-order valence-corrected chi connectivity index (χ3v) is 0.115. The summed E-state index contributed by atoms with van der Waals surface area (Å²) in [5.74, 6) is 0. The molecule has 0 rings (SSSR count). The van der Waals surface area contributed by atoms with Gasteiger partial charge in [-0.15, -0.1) is 0 Å². The normalized spacial score (nSPS) is 3.60. The minimum Gasteiger partial charge on any atom is -0.166 e. The molecule has 0 aromatic rings. The maximum absolute atomic E-state index is 7.53. The lowest BCUT2D eigenvalue weighted by Crippen LogP contribution is -1.83. The highest BCUT2D eigenvalue weighted by Gasteiger charge is 1.64. The average molecular weight is 68.1 g/mol. The molecule has 0 aliphatic heterocycles. The summed E-state index contributed by atoms with van der Waals surface area (Å²) >= 11 is 0. The first-order valence-corrected chi connectivity index (χ1v) is 0.955. The minimum absolute atomic E-state index is 1.48. The van der Waals surface area contributed by atoms with Crippen molar-refractivity contribution in [1.29, 1.82) is 5.26 Å². The molecule has 0 bridgehead atoms. The van der Waals surface area contributed by atoms with Crippen LogP contribution in [0, 0.1) is 18.0 Å². The Labute approximate surface area is 29.6 Å². The number of nitriles is 1. The first-order valence-electron chi connectivity index (χ1n) is 0.955. The second-order valence-electron chi connectivity index (χ2n) is 0.353. The average Bonchev–Trinajstić information content (AvgIpc) is 1.41. The van der Waals surface area contributed by atoms with Crippen LogP contribution in [0.15, 0.2) is 0 Å². The Morgan fingerprint density at radius 3 is 2.60 bits per heavy atom. The van der Waals surface area contributed by atoms with Crippen molar-refractivity contribution >= 4 is 0 Å². The van der Waals surface area contributed by atoms with Gasteiger partial charge in [0.2, 0.25) is 0 Å². The summed E-state index contributed by atoms with van der Waals surface area (Å²) in [5, 5.41) is 7.53. The van der Waals surface area contributed by atoms with Gasteiger partial charge in [-0.1, -0.05) is 0 Å². The quantitative estimate of drug-likeness (QED) is 0.245. The van der Waals surface area contributed by atoms with Crippen molar-refractivity contribution in [3.63, 3.8) is 0 Å². The van der Waals surface area contributed by atoms with Gasteiger partial charge in [0.25, 0.3) is 6.19 Å². The summed E-state index contributed by atoms with van der Waals surface area (Å²) in [4.78, 5) is 2.74. The van der Waals surface area contributed by atoms with Crippen molar-refractivity contribution < 1.29 is 0 Å². The highest BCUT2D eigenvalue weighted by atomic mass is 15.2. The molecular formula is C2H2N3+. The van der Waals surface area contributed by atoms with Crippen LogP contribution in [-0.2, 0) is 0 Å². The largest absolute Gasteiger partial charge is 0.305 e. The molecule has 0 spiro atoms. The monoisotopic (exact) mass is 68.0 g/mol. The van der Waals surface area contributed by atoms with Gasteiger partial charge in [0, 0.05) is 5.43 Å². The Bertz CT molecular complexity index is 70.0. The third kappa shape index (κ3) is 2.78. The number of hydrogen-bond acceptors (Lipinski definition) is 2. The van der Waals surface area contributed by atoms with Gasteiger partial charge in [0.1, 0.15) is 0 Å². The van der Waals surface area contributed by atoms with Crippen molar-refractivity contribution in [3.05, 3.63) is 4.95 Å². The van der Waals surface area contributed by atoms with Gasteiger partial charge in [-0.05, 0) is 0 Å². The molecule has 0 aromatic carbocycles. The van der Waals surface area contributed by atoms with Crippen molar-refractivity contribution in [2.24, 2.45) is 0 Å². The molecule has 3 heteroatoms. The smallest absolute Gasteiger partial charge is 0.166 e. The SMILES string of the molecule is C#[N+]NC#N. The van der Waals surface area contributed by atoms with Gasteiger partial charge in [-0.25, -0.2) is 0 Å². The van der Waals surface area contributed by atoms with Crippen molar-refractivity contribution in [2.75, 3.05) is 0 Å². The zero-order valence-electron chi connectivity index (χ0n) is 2.47. The maximum Gasteiger partial charge on any atom is 0.305 e. The molecule has 0 aliphatic carbocycles. The Hall–Kier alpha value is -1.22. The predicted molar refractivity (Wildman–Crippen MR) is 17.1 cm³/mol. The summed E-state index contributed by atoms with van der Waals surface area (Å²) < 4.78 is 0. The lowest BCUT2D eigenvalue weighted by Gasteiger charge is -1.43. The first kappa shape index (κ1) is 3.78. The molecule has 0 aliphatic rings. The summed E-state index contributed by atoms with van der Waals surface area (Å²) in [6.07, 6.45) is 1.48. The second-order valence-corrected chi connectivity index (χ2v) is 0.353. The molecule has 1 N–H and O–H groups in total. The molecule has 0 saturated carbocycles. The van der Waals surface area contributed by atoms with Crippen LogP contribution in [0.3, 0.4) is 0 Å². The van der Waals surface area contributed by atoms with Crippen LogP contribution >= 0.6 is 0 Å². The topological polar surface area (TPSA) is 40.2 Å². The van der Waals surface area contributed by atoms with Crippen molar-refractivity contribution in [1.82, 2.24) is 5.43 Å². The number of nitrogens with zero attached hydrogens (tertiary/aromatic N) is 2. The molecule has 24 valence electrons. The Morgan fingerprint density at radius 1 is 2.00 bits per heavy atom. The van der Waals surface area contributed by atoms with Gasteiger partial charge < -0.3 is 0 Å². The van der Waals surface area contributed by atoms with Gasteiger partial charge in [0.15, 0.2) is 0 Å². The van der Waals surface area contributed by atoms with Gasteiger partial charge in [0.05, 0.1) is 4.95 Å². The van der Waals surface area contributed by atoms with Gasteiger partial charge >= 0.3 is 6.57 Å². The lowest BCUT2D eigenvalue weighted by atomic mass is 11.4. The van der Waals surface area contributed by atoms with Crippen LogP contribution in [0.5, 0.6) is 0 Å². The minimum atomic E-state index is 1.48. The van der Waals surface area contributed by atoms with E-state index in [0.29, 0.717) is 0 Å². The highest BCUT2D eigenvalue weighted by molar-refractivity contribution is 4.70. The summed E-state index contributed by atoms with van der Waals surface area (Å²) in [7, 11) is 0. The lowest BCUT2D eigenvalue weighted by molar-refractivity contribution is 1.20. The first-order chi connectivity index (χ1) is 2.41. The molecule has 0 atom stereocenters. The Morgan fingerprint density at radius 2 is 2.60 bits per heavy atom. The van der Waals surface area contributed by atoms with E-state index in [4.69, 9.17) is 5.26 Å². The van der Waals surface area contributed by atoms with E-state index in [-0.39, 0.29) is 0 Å². The molecule has 0 heterocycles. The fraction of sp³-hybridized carbons (Fsp3) is 0. The fourth-order valence-electron chi connectivity index (χ4n) is 0.0289. The molecule has 0 aromatic heterocycles. The van der Waals surface area contributed by atoms with Crippen LogP contribution < -0.4 is 5.43 Å². The van der Waals surface area contributed by atoms with Gasteiger partial charge in [-0.3, -0.25) is 0 Å². The summed E-state index contributed by atoms with van der Waals surface area (Å²) in [6, 6.07) is 0. The molecule has 0 saturated heterocycles. The highest BCUT2D eigenvalue weighted by Crippen LogP contribution is 1.37. The molecular weight excluding hydrogens is 66.0 g/mol. The Balaban J connectivity index is 2.86. The second kappa shape index (κ2) is 2.78. The predicted octanol–water partition coefficient (Wildman–Crippen LogP) is -0.0652. The van der Waals surface area contributed by atoms with Crippen LogP contribution in [0.4, 0.5) is 0 Å². The molecule has 0 radical (unpaired) electrons. The third-order valence-electron chi connectivity index (χ3n) is 0.115. The van der Waals surface area contributed by atoms with Gasteiger partial charge in [-0.2, -0.15) is 5.26 Å². The number of hydrogen-bond donors (Lipinski definition) is 1. The molecule has 3 nitrogen and oxygen atoms in total. The molecule has 0 fully saturated rings. The summed E-state index contributed by atoms with van der Waals surface area (Å²) in [6.45, 7) is 4.43. The van der Waals surface area contributed by atoms with Crippen LogP contribution in [-0.4, -0.2) is 0 Å². The van der Waals surface area contributed by atoms with Crippen molar-refractivity contribution in [2.45, 2.75) is 0 Å². The molecule has 0 unspecified atom stereocenters. The zero-order chi connectivity index (χ0) is 4.12. The number of nitrogens with one attached hydrogen (secondary N) is 1. The standard InChI is InChI=1S/C2H2N3/c1-4-5-2-3/h1,5H/q+1. The summed E-state index contributed by atoms with van der Waals surface area (Å²) in [5.41, 5.74) is 1.82. The van der Waals surface area contributed by atoms with E-state index >= 15 is 0 Å². The van der Waals surface area contributed by atoms with Crippen molar-refractivity contribution in [3.8, 4) is 12.8 Å².